The van der Waals surface area contributed by atoms with Crippen molar-refractivity contribution in [2.24, 2.45) is 0 Å². The first-order chi connectivity index (χ1) is 7.77. The van der Waals surface area contributed by atoms with E-state index in [4.69, 9.17) is 10.00 Å². The third-order valence-corrected chi connectivity index (χ3v) is 2.20. The van der Waals surface area contributed by atoms with E-state index in [1.54, 1.807) is 6.08 Å². The Morgan fingerprint density at radius 2 is 2.19 bits per heavy atom. The van der Waals surface area contributed by atoms with Gasteiger partial charge in [-0.15, -0.1) is 0 Å². The molecule has 1 heterocycles. The number of nitriles is 1. The monoisotopic (exact) mass is 221 g/mol. The molecular formula is C11H15N3O2. The molecule has 1 aliphatic rings. The number of allylic oxidation sites excluding steroid dienone is 2. The Balaban J connectivity index is 2.52. The number of rotatable bonds is 3. The second-order valence-corrected chi connectivity index (χ2v) is 3.26. The van der Waals surface area contributed by atoms with Crippen LogP contribution in [0.1, 0.15) is 0 Å². The van der Waals surface area contributed by atoms with Gasteiger partial charge in [0.1, 0.15) is 11.6 Å². The molecule has 16 heavy (non-hydrogen) atoms. The number of hydrogen-bond acceptors (Lipinski definition) is 4. The highest BCUT2D eigenvalue weighted by Crippen LogP contribution is 1.99. The maximum absolute atomic E-state index is 11.2. The van der Waals surface area contributed by atoms with Crippen LogP contribution in [0.25, 0.3) is 0 Å². The molecule has 0 aromatic carbocycles. The first kappa shape index (κ1) is 12.3. The fraction of sp³-hybridized carbons (Fsp3) is 0.455. The first-order valence-electron chi connectivity index (χ1n) is 5.10. The molecule has 0 aliphatic carbocycles. The van der Waals surface area contributed by atoms with Crippen LogP contribution in [-0.4, -0.2) is 44.2 Å². The Morgan fingerprint density at radius 1 is 1.50 bits per heavy atom. The fourth-order valence-electron chi connectivity index (χ4n) is 1.29. The van der Waals surface area contributed by atoms with E-state index >= 15 is 0 Å². The van der Waals surface area contributed by atoms with Crippen LogP contribution in [-0.2, 0) is 9.53 Å². The van der Waals surface area contributed by atoms with E-state index in [2.05, 4.69) is 10.2 Å². The predicted molar refractivity (Wildman–Crippen MR) is 59.3 cm³/mol. The lowest BCUT2D eigenvalue weighted by Gasteiger charge is -2.24. The van der Waals surface area contributed by atoms with Crippen molar-refractivity contribution in [2.45, 2.75) is 0 Å². The third kappa shape index (κ3) is 3.75. The van der Waals surface area contributed by atoms with Crippen LogP contribution in [0.3, 0.4) is 0 Å². The summed E-state index contributed by atoms with van der Waals surface area (Å²) in [5, 5.41) is 11.1. The van der Waals surface area contributed by atoms with Gasteiger partial charge in [0.15, 0.2) is 0 Å². The Kier molecular flexibility index (Phi) is 5.09. The first-order valence-corrected chi connectivity index (χ1v) is 5.10. The second kappa shape index (κ2) is 6.64. The second-order valence-electron chi connectivity index (χ2n) is 3.26. The van der Waals surface area contributed by atoms with Crippen molar-refractivity contribution in [3.8, 4) is 6.07 Å². The van der Waals surface area contributed by atoms with E-state index in [1.165, 1.54) is 13.1 Å². The summed E-state index contributed by atoms with van der Waals surface area (Å²) in [6.07, 6.45) is 5.08. The number of morpholine rings is 1. The molecule has 86 valence electrons. The SMILES string of the molecule is CNC(=O)C(C#N)=CC=CN1CCOCC1. The Hall–Kier alpha value is -1.80. The van der Waals surface area contributed by atoms with Gasteiger partial charge in [0.05, 0.1) is 13.2 Å². The van der Waals surface area contributed by atoms with Crippen molar-refractivity contribution in [1.29, 1.82) is 5.26 Å². The van der Waals surface area contributed by atoms with E-state index in [1.807, 2.05) is 12.3 Å². The van der Waals surface area contributed by atoms with E-state index in [9.17, 15) is 4.79 Å². The molecule has 1 amide bonds. The van der Waals surface area contributed by atoms with Gasteiger partial charge < -0.3 is 15.0 Å². The van der Waals surface area contributed by atoms with Gasteiger partial charge >= 0.3 is 0 Å². The Labute approximate surface area is 95.0 Å². The highest BCUT2D eigenvalue weighted by atomic mass is 16.5. The number of likely N-dealkylation sites (N-methyl/N-ethyl adjacent to an activating group) is 1. The smallest absolute Gasteiger partial charge is 0.261 e. The van der Waals surface area contributed by atoms with E-state index < -0.39 is 0 Å². The predicted octanol–water partition coefficient (Wildman–Crippen LogP) is 0.0283. The highest BCUT2D eigenvalue weighted by molar-refractivity contribution is 5.97. The van der Waals surface area contributed by atoms with Crippen LogP contribution in [0.5, 0.6) is 0 Å². The van der Waals surface area contributed by atoms with E-state index in [0.717, 1.165) is 13.1 Å². The lowest BCUT2D eigenvalue weighted by molar-refractivity contribution is -0.116. The summed E-state index contributed by atoms with van der Waals surface area (Å²) in [5.74, 6) is -0.367. The van der Waals surface area contributed by atoms with Crippen molar-refractivity contribution < 1.29 is 9.53 Å². The summed E-state index contributed by atoms with van der Waals surface area (Å²) >= 11 is 0. The normalized spacial score (nSPS) is 17.2. The van der Waals surface area contributed by atoms with Crippen LogP contribution in [0.15, 0.2) is 23.9 Å². The largest absolute Gasteiger partial charge is 0.378 e. The average molecular weight is 221 g/mol. The number of nitrogens with zero attached hydrogens (tertiary/aromatic N) is 2. The van der Waals surface area contributed by atoms with Crippen LogP contribution < -0.4 is 5.32 Å². The molecule has 0 radical (unpaired) electrons. The van der Waals surface area contributed by atoms with Crippen LogP contribution in [0.4, 0.5) is 0 Å². The van der Waals surface area contributed by atoms with Crippen molar-refractivity contribution >= 4 is 5.91 Å². The van der Waals surface area contributed by atoms with Gasteiger partial charge in [-0.25, -0.2) is 0 Å². The summed E-state index contributed by atoms with van der Waals surface area (Å²) in [6.45, 7) is 3.11. The standard InChI is InChI=1S/C11H15N3O2/c1-13-11(15)10(9-12)3-2-4-14-5-7-16-8-6-14/h2-4H,5-8H2,1H3,(H,13,15). The molecule has 0 aromatic rings. The number of nitrogens with one attached hydrogen (secondary N) is 1. The van der Waals surface area contributed by atoms with Gasteiger partial charge in [0, 0.05) is 20.1 Å². The molecule has 5 nitrogen and oxygen atoms in total. The summed E-state index contributed by atoms with van der Waals surface area (Å²) in [6, 6.07) is 1.85. The van der Waals surface area contributed by atoms with Gasteiger partial charge in [-0.05, 0) is 18.4 Å². The molecule has 1 N–H and O–H groups in total. The zero-order valence-corrected chi connectivity index (χ0v) is 9.27. The molecule has 0 spiro atoms. The third-order valence-electron chi connectivity index (χ3n) is 2.20. The van der Waals surface area contributed by atoms with Gasteiger partial charge in [-0.1, -0.05) is 0 Å². The molecule has 1 saturated heterocycles. The zero-order valence-electron chi connectivity index (χ0n) is 9.27. The Bertz CT molecular complexity index is 336. The summed E-state index contributed by atoms with van der Waals surface area (Å²) in [5.41, 5.74) is 0.104. The van der Waals surface area contributed by atoms with Gasteiger partial charge in [-0.3, -0.25) is 4.79 Å². The van der Waals surface area contributed by atoms with Crippen molar-refractivity contribution in [1.82, 2.24) is 10.2 Å². The average Bonchev–Trinajstić information content (AvgIpc) is 2.35. The van der Waals surface area contributed by atoms with Crippen molar-refractivity contribution in [2.75, 3.05) is 33.4 Å². The van der Waals surface area contributed by atoms with Crippen LogP contribution in [0.2, 0.25) is 0 Å². The minimum absolute atomic E-state index is 0.104. The number of ether oxygens (including phenoxy) is 1. The molecule has 0 bridgehead atoms. The lowest BCUT2D eigenvalue weighted by atomic mass is 10.2. The molecule has 5 heteroatoms. The fourth-order valence-corrected chi connectivity index (χ4v) is 1.29. The summed E-state index contributed by atoms with van der Waals surface area (Å²) in [7, 11) is 1.50. The van der Waals surface area contributed by atoms with Crippen LogP contribution >= 0.6 is 0 Å². The highest BCUT2D eigenvalue weighted by Gasteiger charge is 2.06. The Morgan fingerprint density at radius 3 is 2.75 bits per heavy atom. The lowest BCUT2D eigenvalue weighted by Crippen LogP contribution is -2.31. The molecule has 0 aromatic heterocycles. The quantitative estimate of drug-likeness (QED) is 0.415. The number of hydrogen-bond donors (Lipinski definition) is 1. The molecule has 1 fully saturated rings. The van der Waals surface area contributed by atoms with Gasteiger partial charge in [0.25, 0.3) is 5.91 Å². The zero-order chi connectivity index (χ0) is 11.8. The maximum Gasteiger partial charge on any atom is 0.261 e. The molecule has 0 saturated carbocycles. The van der Waals surface area contributed by atoms with Crippen molar-refractivity contribution in [3.05, 3.63) is 23.9 Å². The number of amides is 1. The molecule has 0 unspecified atom stereocenters. The molecule has 0 atom stereocenters. The van der Waals surface area contributed by atoms with E-state index in [-0.39, 0.29) is 11.5 Å². The molecule has 1 rings (SSSR count). The molecular weight excluding hydrogens is 206 g/mol. The number of carbonyl (C=O) groups excluding carboxylic acids is 1. The summed E-state index contributed by atoms with van der Waals surface area (Å²) < 4.78 is 5.20. The molecule has 1 aliphatic heterocycles. The number of carbonyl (C=O) groups is 1. The van der Waals surface area contributed by atoms with Gasteiger partial charge in [-0.2, -0.15) is 5.26 Å². The minimum Gasteiger partial charge on any atom is -0.378 e. The minimum atomic E-state index is -0.367. The summed E-state index contributed by atoms with van der Waals surface area (Å²) in [4.78, 5) is 13.2. The van der Waals surface area contributed by atoms with Crippen molar-refractivity contribution in [3.63, 3.8) is 0 Å². The maximum atomic E-state index is 11.2. The topological polar surface area (TPSA) is 65.4 Å². The van der Waals surface area contributed by atoms with Gasteiger partial charge in [0.2, 0.25) is 0 Å². The van der Waals surface area contributed by atoms with E-state index in [0.29, 0.717) is 13.2 Å². The van der Waals surface area contributed by atoms with Crippen LogP contribution in [0, 0.1) is 11.3 Å².